The molecule has 0 unspecified atom stereocenters. The second kappa shape index (κ2) is 8.14. The van der Waals surface area contributed by atoms with Crippen LogP contribution in [0.3, 0.4) is 0 Å². The Hall–Kier alpha value is -4.41. The van der Waals surface area contributed by atoms with Gasteiger partial charge in [-0.2, -0.15) is 5.10 Å². The molecule has 0 saturated carbocycles. The first-order chi connectivity index (χ1) is 15.0. The fourth-order valence-corrected chi connectivity index (χ4v) is 3.14. The molecule has 4 rings (SSSR count). The maximum atomic E-state index is 12.7. The Kier molecular flexibility index (Phi) is 5.22. The van der Waals surface area contributed by atoms with Crippen molar-refractivity contribution >= 4 is 22.9 Å². The second-order valence-electron chi connectivity index (χ2n) is 6.56. The van der Waals surface area contributed by atoms with Gasteiger partial charge in [-0.1, -0.05) is 6.07 Å². The molecule has 0 bridgehead atoms. The van der Waals surface area contributed by atoms with Gasteiger partial charge in [-0.15, -0.1) is 0 Å². The third kappa shape index (κ3) is 4.01. The number of methoxy groups -OCH3 is 2. The first-order valence-electron chi connectivity index (χ1n) is 9.15. The molecule has 11 nitrogen and oxygen atoms in total. The summed E-state index contributed by atoms with van der Waals surface area (Å²) < 4.78 is 13.7. The Labute approximate surface area is 176 Å². The van der Waals surface area contributed by atoms with E-state index in [2.05, 4.69) is 15.4 Å². The van der Waals surface area contributed by atoms with Crippen LogP contribution < -0.4 is 14.8 Å². The number of nitrogens with one attached hydrogen (secondary N) is 1. The molecule has 11 heteroatoms. The lowest BCUT2D eigenvalue weighted by atomic mass is 10.1. The number of pyridine rings is 1. The molecule has 1 aromatic carbocycles. The first-order valence-corrected chi connectivity index (χ1v) is 9.15. The summed E-state index contributed by atoms with van der Waals surface area (Å²) in [6, 6.07) is 8.14. The molecule has 0 spiro atoms. The summed E-state index contributed by atoms with van der Waals surface area (Å²) in [5.41, 5.74) is 1.45. The standard InChI is InChI=1S/C20H18N6O5/c1-30-17-7-15(16(26(28)29)8-18(17)31-2)20(27)23-13-9-21-25(11-13)12-14-10-24-6-4-3-5-19(24)22-14/h3-11H,12H2,1-2H3,(H,23,27). The normalized spacial score (nSPS) is 10.8. The van der Waals surface area contributed by atoms with Crippen LogP contribution >= 0.6 is 0 Å². The van der Waals surface area contributed by atoms with Crippen molar-refractivity contribution in [3.8, 4) is 11.5 Å². The van der Waals surface area contributed by atoms with Crippen LogP contribution in [0, 0.1) is 10.1 Å². The van der Waals surface area contributed by atoms with Crippen LogP contribution in [0.2, 0.25) is 0 Å². The number of aromatic nitrogens is 4. The van der Waals surface area contributed by atoms with E-state index >= 15 is 0 Å². The number of hydrogen-bond donors (Lipinski definition) is 1. The van der Waals surface area contributed by atoms with Crippen LogP contribution in [0.5, 0.6) is 11.5 Å². The molecule has 0 aliphatic rings. The lowest BCUT2D eigenvalue weighted by Gasteiger charge is -2.10. The van der Waals surface area contributed by atoms with Gasteiger partial charge in [0.2, 0.25) is 0 Å². The third-order valence-electron chi connectivity index (χ3n) is 4.57. The van der Waals surface area contributed by atoms with E-state index in [0.29, 0.717) is 12.2 Å². The first kappa shape index (κ1) is 19.9. The molecular weight excluding hydrogens is 404 g/mol. The van der Waals surface area contributed by atoms with E-state index in [1.54, 1.807) is 10.9 Å². The number of amides is 1. The number of imidazole rings is 1. The van der Waals surface area contributed by atoms with E-state index in [1.165, 1.54) is 26.5 Å². The number of carbonyl (C=O) groups excluding carboxylic acids is 1. The molecule has 3 heterocycles. The Bertz CT molecular complexity index is 1250. The fraction of sp³-hybridized carbons (Fsp3) is 0.150. The van der Waals surface area contributed by atoms with E-state index in [9.17, 15) is 14.9 Å². The average Bonchev–Trinajstić information content (AvgIpc) is 3.38. The van der Waals surface area contributed by atoms with Gasteiger partial charge in [0.15, 0.2) is 11.5 Å². The highest BCUT2D eigenvalue weighted by molar-refractivity contribution is 6.07. The lowest BCUT2D eigenvalue weighted by molar-refractivity contribution is -0.385. The van der Waals surface area contributed by atoms with E-state index in [1.807, 2.05) is 35.0 Å². The fourth-order valence-electron chi connectivity index (χ4n) is 3.14. The summed E-state index contributed by atoms with van der Waals surface area (Å²) in [5, 5.41) is 18.3. The maximum absolute atomic E-state index is 12.7. The van der Waals surface area contributed by atoms with Gasteiger partial charge in [-0.3, -0.25) is 19.6 Å². The summed E-state index contributed by atoms with van der Waals surface area (Å²) in [4.78, 5) is 28.0. The molecule has 3 aromatic heterocycles. The third-order valence-corrected chi connectivity index (χ3v) is 4.57. The summed E-state index contributed by atoms with van der Waals surface area (Å²) in [5.74, 6) is -0.299. The van der Waals surface area contributed by atoms with Crippen LogP contribution in [0.4, 0.5) is 11.4 Å². The zero-order chi connectivity index (χ0) is 22.0. The molecule has 0 aliphatic heterocycles. The molecule has 4 aromatic rings. The van der Waals surface area contributed by atoms with Crippen LogP contribution in [0.1, 0.15) is 16.1 Å². The van der Waals surface area contributed by atoms with Crippen molar-refractivity contribution < 1.29 is 19.2 Å². The number of benzene rings is 1. The van der Waals surface area contributed by atoms with Gasteiger partial charge >= 0.3 is 0 Å². The molecule has 0 radical (unpaired) electrons. The largest absolute Gasteiger partial charge is 0.493 e. The quantitative estimate of drug-likeness (QED) is 0.358. The molecule has 31 heavy (non-hydrogen) atoms. The smallest absolute Gasteiger partial charge is 0.286 e. The molecular formula is C20H18N6O5. The maximum Gasteiger partial charge on any atom is 0.286 e. The van der Waals surface area contributed by atoms with Crippen LogP contribution in [0.15, 0.2) is 55.1 Å². The number of nitro benzene ring substituents is 1. The number of rotatable bonds is 7. The molecule has 1 amide bonds. The number of hydrogen-bond acceptors (Lipinski definition) is 7. The highest BCUT2D eigenvalue weighted by Gasteiger charge is 2.25. The highest BCUT2D eigenvalue weighted by atomic mass is 16.6. The van der Waals surface area contributed by atoms with Crippen molar-refractivity contribution in [1.82, 2.24) is 19.2 Å². The SMILES string of the molecule is COc1cc(C(=O)Nc2cnn(Cc3cn4ccccc4n3)c2)c([N+](=O)[O-])cc1OC. The van der Waals surface area contributed by atoms with E-state index < -0.39 is 16.5 Å². The Balaban J connectivity index is 1.54. The molecule has 158 valence electrons. The number of anilines is 1. The Morgan fingerprint density at radius 1 is 1.19 bits per heavy atom. The Morgan fingerprint density at radius 2 is 1.97 bits per heavy atom. The van der Waals surface area contributed by atoms with Gasteiger partial charge in [0.05, 0.1) is 49.3 Å². The average molecular weight is 422 g/mol. The minimum absolute atomic E-state index is 0.157. The van der Waals surface area contributed by atoms with E-state index in [-0.39, 0.29) is 17.1 Å². The number of ether oxygens (including phenoxy) is 2. The van der Waals surface area contributed by atoms with Gasteiger partial charge in [-0.05, 0) is 12.1 Å². The Morgan fingerprint density at radius 3 is 2.68 bits per heavy atom. The van der Waals surface area contributed by atoms with Crippen LogP contribution in [-0.2, 0) is 6.54 Å². The summed E-state index contributed by atoms with van der Waals surface area (Å²) in [7, 11) is 2.74. The van der Waals surface area contributed by atoms with Crippen LogP contribution in [-0.4, -0.2) is 44.2 Å². The summed E-state index contributed by atoms with van der Waals surface area (Å²) in [6.07, 6.45) is 6.87. The van der Waals surface area contributed by atoms with Crippen LogP contribution in [0.25, 0.3) is 5.65 Å². The minimum Gasteiger partial charge on any atom is -0.493 e. The van der Waals surface area contributed by atoms with Gasteiger partial charge in [-0.25, -0.2) is 4.98 Å². The second-order valence-corrected chi connectivity index (χ2v) is 6.56. The predicted molar refractivity (Wildman–Crippen MR) is 111 cm³/mol. The van der Waals surface area contributed by atoms with Crippen molar-refractivity contribution in [1.29, 1.82) is 0 Å². The molecule has 0 atom stereocenters. The number of nitro groups is 1. The van der Waals surface area contributed by atoms with Crippen molar-refractivity contribution in [2.75, 3.05) is 19.5 Å². The number of nitrogens with zero attached hydrogens (tertiary/aromatic N) is 5. The van der Waals surface area contributed by atoms with E-state index in [4.69, 9.17) is 9.47 Å². The molecule has 0 fully saturated rings. The monoisotopic (exact) mass is 422 g/mol. The zero-order valence-corrected chi connectivity index (χ0v) is 16.7. The van der Waals surface area contributed by atoms with Gasteiger partial charge in [0.25, 0.3) is 11.6 Å². The summed E-state index contributed by atoms with van der Waals surface area (Å²) in [6.45, 7) is 0.397. The molecule has 1 N–H and O–H groups in total. The highest BCUT2D eigenvalue weighted by Crippen LogP contribution is 2.34. The van der Waals surface area contributed by atoms with Crippen molar-refractivity contribution in [2.24, 2.45) is 0 Å². The minimum atomic E-state index is -0.667. The van der Waals surface area contributed by atoms with Gasteiger partial charge in [0.1, 0.15) is 11.2 Å². The zero-order valence-electron chi connectivity index (χ0n) is 16.7. The lowest BCUT2D eigenvalue weighted by Crippen LogP contribution is -2.14. The molecule has 0 saturated heterocycles. The number of fused-ring (bicyclic) bond motifs is 1. The van der Waals surface area contributed by atoms with Crippen molar-refractivity contribution in [3.05, 3.63) is 76.5 Å². The van der Waals surface area contributed by atoms with Crippen molar-refractivity contribution in [3.63, 3.8) is 0 Å². The molecule has 0 aliphatic carbocycles. The number of carbonyl (C=O) groups is 1. The van der Waals surface area contributed by atoms with Gasteiger partial charge in [0, 0.05) is 24.7 Å². The van der Waals surface area contributed by atoms with E-state index in [0.717, 1.165) is 17.4 Å². The van der Waals surface area contributed by atoms with Crippen molar-refractivity contribution in [2.45, 2.75) is 6.54 Å². The topological polar surface area (TPSA) is 126 Å². The predicted octanol–water partition coefficient (Wildman–Crippen LogP) is 2.76. The summed E-state index contributed by atoms with van der Waals surface area (Å²) >= 11 is 0. The van der Waals surface area contributed by atoms with Gasteiger partial charge < -0.3 is 19.2 Å².